The predicted octanol–water partition coefficient (Wildman–Crippen LogP) is 2.85. The fourth-order valence-corrected chi connectivity index (χ4v) is 5.44. The zero-order valence-electron chi connectivity index (χ0n) is 12.4. The van der Waals surface area contributed by atoms with Gasteiger partial charge in [-0.1, -0.05) is 31.2 Å². The van der Waals surface area contributed by atoms with Crippen molar-refractivity contribution in [1.82, 2.24) is 5.32 Å². The smallest absolute Gasteiger partial charge is 0.134 e. The molecule has 0 aromatic heterocycles. The standard InChI is InChI=1S/C18H23NO/c1-3-18-10-17-13(11(2)20)9-15(18)16(19-17)8-12-6-4-5-7-14(12)18/h4-7,13,15-17,19H,3,8-10H2,1-2H3/t13-,15?,16?,17?,18+/m1/s1. The first-order chi connectivity index (χ1) is 9.65. The van der Waals surface area contributed by atoms with Gasteiger partial charge in [-0.15, -0.1) is 0 Å². The zero-order valence-corrected chi connectivity index (χ0v) is 12.4. The van der Waals surface area contributed by atoms with E-state index in [-0.39, 0.29) is 5.92 Å². The molecule has 106 valence electrons. The largest absolute Gasteiger partial charge is 0.310 e. The molecule has 0 radical (unpaired) electrons. The van der Waals surface area contributed by atoms with Crippen molar-refractivity contribution >= 4 is 5.78 Å². The molecule has 3 unspecified atom stereocenters. The minimum atomic E-state index is 0.251. The van der Waals surface area contributed by atoms with Crippen molar-refractivity contribution in [2.24, 2.45) is 11.8 Å². The minimum absolute atomic E-state index is 0.251. The molecule has 2 saturated heterocycles. The average molecular weight is 269 g/mol. The monoisotopic (exact) mass is 269 g/mol. The van der Waals surface area contributed by atoms with Gasteiger partial charge in [0.05, 0.1) is 0 Å². The van der Waals surface area contributed by atoms with E-state index in [0.717, 1.165) is 19.3 Å². The van der Waals surface area contributed by atoms with Gasteiger partial charge in [-0.25, -0.2) is 0 Å². The number of fused-ring (bicyclic) bond motifs is 2. The second kappa shape index (κ2) is 4.17. The van der Waals surface area contributed by atoms with E-state index < -0.39 is 0 Å². The molecule has 2 nitrogen and oxygen atoms in total. The lowest BCUT2D eigenvalue weighted by Gasteiger charge is -2.61. The van der Waals surface area contributed by atoms with Gasteiger partial charge in [0.2, 0.25) is 0 Å². The minimum Gasteiger partial charge on any atom is -0.310 e. The Bertz CT molecular complexity index is 566. The zero-order chi connectivity index (χ0) is 13.9. The molecule has 5 atom stereocenters. The summed E-state index contributed by atoms with van der Waals surface area (Å²) >= 11 is 0. The molecule has 2 heteroatoms. The van der Waals surface area contributed by atoms with Gasteiger partial charge in [0.25, 0.3) is 0 Å². The molecule has 5 rings (SSSR count). The number of rotatable bonds is 2. The molecule has 0 amide bonds. The normalized spacial score (nSPS) is 41.3. The van der Waals surface area contributed by atoms with Crippen LogP contribution in [0, 0.1) is 11.8 Å². The third-order valence-electron chi connectivity index (χ3n) is 6.35. The van der Waals surface area contributed by atoms with Crippen LogP contribution in [0.25, 0.3) is 0 Å². The van der Waals surface area contributed by atoms with Gasteiger partial charge in [0, 0.05) is 23.4 Å². The van der Waals surface area contributed by atoms with Gasteiger partial charge in [-0.2, -0.15) is 0 Å². The lowest BCUT2D eigenvalue weighted by molar-refractivity contribution is -0.127. The van der Waals surface area contributed by atoms with Crippen molar-refractivity contribution in [3.63, 3.8) is 0 Å². The summed E-state index contributed by atoms with van der Waals surface area (Å²) in [6.45, 7) is 4.11. The molecule has 0 spiro atoms. The molecule has 1 aromatic rings. The molecule has 3 fully saturated rings. The van der Waals surface area contributed by atoms with E-state index in [1.165, 1.54) is 12.0 Å². The Kier molecular flexibility index (Phi) is 2.62. The number of hydrogen-bond acceptors (Lipinski definition) is 2. The first-order valence-corrected chi connectivity index (χ1v) is 8.00. The highest BCUT2D eigenvalue weighted by Crippen LogP contribution is 2.56. The van der Waals surface area contributed by atoms with Crippen LogP contribution < -0.4 is 5.32 Å². The highest BCUT2D eigenvalue weighted by atomic mass is 16.1. The maximum atomic E-state index is 11.9. The Balaban J connectivity index is 1.83. The Morgan fingerprint density at radius 1 is 1.35 bits per heavy atom. The summed E-state index contributed by atoms with van der Waals surface area (Å²) in [6.07, 6.45) is 4.59. The molecular weight excluding hydrogens is 246 g/mol. The van der Waals surface area contributed by atoms with Crippen LogP contribution in [0.3, 0.4) is 0 Å². The van der Waals surface area contributed by atoms with Crippen LogP contribution in [-0.4, -0.2) is 17.9 Å². The summed E-state index contributed by atoms with van der Waals surface area (Å²) < 4.78 is 0. The van der Waals surface area contributed by atoms with Gasteiger partial charge in [-0.3, -0.25) is 4.79 Å². The summed E-state index contributed by atoms with van der Waals surface area (Å²) in [5, 5.41) is 3.79. The molecule has 4 bridgehead atoms. The Morgan fingerprint density at radius 3 is 2.85 bits per heavy atom. The molecule has 1 aromatic carbocycles. The van der Waals surface area contributed by atoms with Gasteiger partial charge < -0.3 is 5.32 Å². The third kappa shape index (κ3) is 1.46. The predicted molar refractivity (Wildman–Crippen MR) is 79.7 cm³/mol. The second-order valence-corrected chi connectivity index (χ2v) is 7.01. The SMILES string of the molecule is CC[C@]12CC3NC(Cc4ccccc41)C2C[C@@H]3C(C)=O. The van der Waals surface area contributed by atoms with E-state index in [9.17, 15) is 4.79 Å². The number of ketones is 1. The first kappa shape index (κ1) is 12.6. The molecule has 2 heterocycles. The molecule has 2 aliphatic heterocycles. The highest BCUT2D eigenvalue weighted by Gasteiger charge is 2.58. The summed E-state index contributed by atoms with van der Waals surface area (Å²) in [7, 11) is 0. The summed E-state index contributed by atoms with van der Waals surface area (Å²) in [4.78, 5) is 11.9. The summed E-state index contributed by atoms with van der Waals surface area (Å²) in [6, 6.07) is 9.98. The fraction of sp³-hybridized carbons (Fsp3) is 0.611. The molecule has 20 heavy (non-hydrogen) atoms. The van der Waals surface area contributed by atoms with Crippen LogP contribution in [-0.2, 0) is 16.6 Å². The summed E-state index contributed by atoms with van der Waals surface area (Å²) in [5.74, 6) is 1.27. The number of Topliss-reactive ketones (excluding diaryl/α,β-unsaturated/α-hetero) is 1. The van der Waals surface area contributed by atoms with Gasteiger partial charge in [0.15, 0.2) is 0 Å². The van der Waals surface area contributed by atoms with Gasteiger partial charge in [0.1, 0.15) is 5.78 Å². The maximum Gasteiger partial charge on any atom is 0.134 e. The fourth-order valence-electron chi connectivity index (χ4n) is 5.44. The lowest BCUT2D eigenvalue weighted by Crippen LogP contribution is -2.69. The maximum absolute atomic E-state index is 11.9. The lowest BCUT2D eigenvalue weighted by atomic mass is 9.48. The van der Waals surface area contributed by atoms with E-state index >= 15 is 0 Å². The van der Waals surface area contributed by atoms with Crippen molar-refractivity contribution in [2.45, 2.75) is 57.0 Å². The average Bonchev–Trinajstić information content (AvgIpc) is 2.46. The van der Waals surface area contributed by atoms with Crippen molar-refractivity contribution in [2.75, 3.05) is 0 Å². The van der Waals surface area contributed by atoms with Crippen LogP contribution in [0.2, 0.25) is 0 Å². The number of hydrogen-bond donors (Lipinski definition) is 1. The van der Waals surface area contributed by atoms with Crippen molar-refractivity contribution < 1.29 is 4.79 Å². The first-order valence-electron chi connectivity index (χ1n) is 8.00. The molecular formula is C18H23NO. The van der Waals surface area contributed by atoms with Gasteiger partial charge >= 0.3 is 0 Å². The third-order valence-corrected chi connectivity index (χ3v) is 6.35. The Hall–Kier alpha value is -1.15. The van der Waals surface area contributed by atoms with Crippen LogP contribution in [0.15, 0.2) is 24.3 Å². The van der Waals surface area contributed by atoms with Crippen LogP contribution >= 0.6 is 0 Å². The van der Waals surface area contributed by atoms with Crippen LogP contribution in [0.1, 0.15) is 44.2 Å². The highest BCUT2D eigenvalue weighted by molar-refractivity contribution is 5.79. The number of piperidine rings is 2. The molecule has 4 aliphatic rings. The van der Waals surface area contributed by atoms with E-state index in [1.54, 1.807) is 12.5 Å². The topological polar surface area (TPSA) is 29.1 Å². The van der Waals surface area contributed by atoms with Gasteiger partial charge in [-0.05, 0) is 49.7 Å². The van der Waals surface area contributed by atoms with E-state index in [2.05, 4.69) is 36.5 Å². The Morgan fingerprint density at radius 2 is 2.15 bits per heavy atom. The van der Waals surface area contributed by atoms with E-state index in [1.807, 2.05) is 0 Å². The van der Waals surface area contributed by atoms with Crippen LogP contribution in [0.4, 0.5) is 0 Å². The number of benzene rings is 1. The van der Waals surface area contributed by atoms with Crippen LogP contribution in [0.5, 0.6) is 0 Å². The molecule has 1 saturated carbocycles. The number of nitrogens with one attached hydrogen (secondary N) is 1. The van der Waals surface area contributed by atoms with Crippen molar-refractivity contribution in [3.05, 3.63) is 35.4 Å². The molecule has 1 N–H and O–H groups in total. The second-order valence-electron chi connectivity index (χ2n) is 7.01. The molecule has 2 aliphatic carbocycles. The quantitative estimate of drug-likeness (QED) is 0.894. The number of carbonyl (C=O) groups is 1. The van der Waals surface area contributed by atoms with Crippen molar-refractivity contribution in [3.8, 4) is 0 Å². The van der Waals surface area contributed by atoms with E-state index in [0.29, 0.717) is 29.2 Å². The number of carbonyl (C=O) groups excluding carboxylic acids is 1. The Labute approximate surface area is 121 Å². The van der Waals surface area contributed by atoms with Crippen molar-refractivity contribution in [1.29, 1.82) is 0 Å². The summed E-state index contributed by atoms with van der Waals surface area (Å²) in [5.41, 5.74) is 3.43. The van der Waals surface area contributed by atoms with E-state index in [4.69, 9.17) is 0 Å².